The quantitative estimate of drug-likeness (QED) is 0.296. The number of carbonyl (C=O) groups is 5. The Hall–Kier alpha value is -5.59. The van der Waals surface area contributed by atoms with Crippen molar-refractivity contribution < 1.29 is 28.7 Å². The molecule has 2 N–H and O–H groups in total. The SMILES string of the molecule is N#Cc1ccc(OC2CCC(NC(=O)c3ccc(N4CCC(CN5C6CCC5CN(c5ccc7c(c5)C(=O)N(C5CCC(=O)NC5=O)C7=O)C6)CC4)nn3)CC2)cc1Cl. The summed E-state index contributed by atoms with van der Waals surface area (Å²) < 4.78 is 6.09. The fourth-order valence-corrected chi connectivity index (χ4v) is 10.1. The summed E-state index contributed by atoms with van der Waals surface area (Å²) in [5, 5.41) is 23.6. The predicted molar refractivity (Wildman–Crippen MR) is 216 cm³/mol. The molecule has 59 heavy (non-hydrogen) atoms. The van der Waals surface area contributed by atoms with E-state index in [2.05, 4.69) is 41.6 Å². The Morgan fingerprint density at radius 3 is 2.27 bits per heavy atom. The van der Waals surface area contributed by atoms with Gasteiger partial charge in [0.2, 0.25) is 11.8 Å². The van der Waals surface area contributed by atoms with Gasteiger partial charge in [0, 0.05) is 69.0 Å². The van der Waals surface area contributed by atoms with Crippen molar-refractivity contribution in [3.05, 3.63) is 75.9 Å². The van der Waals surface area contributed by atoms with Gasteiger partial charge in [0.15, 0.2) is 11.5 Å². The summed E-state index contributed by atoms with van der Waals surface area (Å²) in [6.07, 6.45) is 7.71. The monoisotopic (exact) mass is 819 g/mol. The van der Waals surface area contributed by atoms with Gasteiger partial charge in [-0.2, -0.15) is 5.26 Å². The second-order valence-corrected chi connectivity index (χ2v) is 17.1. The number of aromatic nitrogens is 2. The van der Waals surface area contributed by atoms with E-state index in [0.717, 1.165) is 100 Å². The largest absolute Gasteiger partial charge is 0.490 e. The summed E-state index contributed by atoms with van der Waals surface area (Å²) in [6, 6.07) is 16.1. The summed E-state index contributed by atoms with van der Waals surface area (Å²) >= 11 is 6.15. The molecule has 1 aromatic heterocycles. The van der Waals surface area contributed by atoms with Crippen LogP contribution in [-0.4, -0.2) is 113 Å². The number of nitrogens with zero attached hydrogens (tertiary/aromatic N) is 7. The molecule has 2 aromatic carbocycles. The lowest BCUT2D eigenvalue weighted by Crippen LogP contribution is -2.55. The minimum Gasteiger partial charge on any atom is -0.490 e. The van der Waals surface area contributed by atoms with Gasteiger partial charge in [0.05, 0.1) is 27.8 Å². The number of imide groups is 2. The fraction of sp³-hybridized carbons (Fsp3) is 0.488. The lowest BCUT2D eigenvalue weighted by Gasteiger charge is -2.44. The summed E-state index contributed by atoms with van der Waals surface area (Å²) in [5.74, 6) is -0.207. The smallest absolute Gasteiger partial charge is 0.272 e. The van der Waals surface area contributed by atoms with Crippen LogP contribution in [0, 0.1) is 17.2 Å². The van der Waals surface area contributed by atoms with Crippen LogP contribution in [0.2, 0.25) is 5.02 Å². The Morgan fingerprint density at radius 2 is 1.59 bits per heavy atom. The van der Waals surface area contributed by atoms with Gasteiger partial charge in [-0.1, -0.05) is 11.6 Å². The van der Waals surface area contributed by atoms with Gasteiger partial charge in [-0.25, -0.2) is 0 Å². The van der Waals surface area contributed by atoms with E-state index < -0.39 is 29.7 Å². The molecule has 1 saturated carbocycles. The average molecular weight is 820 g/mol. The molecule has 16 heteroatoms. The molecule has 3 unspecified atom stereocenters. The number of amides is 5. The number of halogens is 1. The Labute approximate surface area is 347 Å². The van der Waals surface area contributed by atoms with Gasteiger partial charge in [-0.3, -0.25) is 39.1 Å². The first-order valence-electron chi connectivity index (χ1n) is 20.7. The van der Waals surface area contributed by atoms with Gasteiger partial charge in [-0.15, -0.1) is 10.2 Å². The second kappa shape index (κ2) is 16.2. The van der Waals surface area contributed by atoms with Crippen LogP contribution in [0.3, 0.4) is 0 Å². The molecule has 3 aromatic rings. The first-order chi connectivity index (χ1) is 28.6. The molecule has 15 nitrogen and oxygen atoms in total. The number of nitriles is 1. The summed E-state index contributed by atoms with van der Waals surface area (Å²) in [7, 11) is 0. The van der Waals surface area contributed by atoms with Crippen molar-refractivity contribution in [2.24, 2.45) is 5.92 Å². The third-order valence-corrected chi connectivity index (χ3v) is 13.4. The van der Waals surface area contributed by atoms with Crippen molar-refractivity contribution in [2.75, 3.05) is 42.5 Å². The standard InChI is InChI=1S/C43H46ClN9O6/c44-35-20-32(7-1-26(35)21-45)59-31-8-2-27(3-9-31)46-40(55)36-11-13-38(49-48-36)50-17-15-25(16-18-50)22-52-29-4-5-30(52)24-51(23-29)28-6-10-33-34(19-28)43(58)53(42(33)57)37-12-14-39(54)47-41(37)56/h1,6-7,10-11,13,19-20,25,27,29-31,37H,2-5,8-9,12,14-18,22-24H2,(H,46,55)(H,47,54,56). The predicted octanol–water partition coefficient (Wildman–Crippen LogP) is 4.09. The van der Waals surface area contributed by atoms with Crippen LogP contribution in [0.25, 0.3) is 0 Å². The highest BCUT2D eigenvalue weighted by molar-refractivity contribution is 6.31. The summed E-state index contributed by atoms with van der Waals surface area (Å²) in [4.78, 5) is 72.2. The minimum atomic E-state index is -0.976. The molecule has 1 aliphatic carbocycles. The van der Waals surface area contributed by atoms with E-state index in [4.69, 9.17) is 21.6 Å². The van der Waals surface area contributed by atoms with E-state index in [1.165, 1.54) is 0 Å². The summed E-state index contributed by atoms with van der Waals surface area (Å²) in [5.41, 5.74) is 2.24. The topological polar surface area (TPSA) is 181 Å². The van der Waals surface area contributed by atoms with Crippen LogP contribution in [0.1, 0.15) is 101 Å². The van der Waals surface area contributed by atoms with Crippen molar-refractivity contribution in [3.8, 4) is 11.8 Å². The number of piperazine rings is 1. The van der Waals surface area contributed by atoms with Crippen LogP contribution in [0.4, 0.5) is 11.5 Å². The first-order valence-corrected chi connectivity index (χ1v) is 21.1. The number of fused-ring (bicyclic) bond motifs is 3. The maximum absolute atomic E-state index is 13.4. The van der Waals surface area contributed by atoms with Crippen molar-refractivity contribution in [3.63, 3.8) is 0 Å². The lowest BCUT2D eigenvalue weighted by atomic mass is 9.92. The molecule has 9 rings (SSSR count). The Morgan fingerprint density at radius 1 is 0.847 bits per heavy atom. The van der Waals surface area contributed by atoms with Gasteiger partial charge in [0.25, 0.3) is 17.7 Å². The number of nitrogens with one attached hydrogen (secondary N) is 2. The molecule has 4 saturated heterocycles. The number of ether oxygens (including phenoxy) is 1. The minimum absolute atomic E-state index is 0.0184. The molecule has 6 heterocycles. The molecule has 306 valence electrons. The number of carbonyl (C=O) groups excluding carboxylic acids is 5. The maximum atomic E-state index is 13.4. The molecule has 0 spiro atoms. The van der Waals surface area contributed by atoms with Crippen LogP contribution >= 0.6 is 11.6 Å². The van der Waals surface area contributed by atoms with E-state index in [0.29, 0.717) is 51.2 Å². The van der Waals surface area contributed by atoms with Crippen molar-refractivity contribution in [1.82, 2.24) is 30.6 Å². The van der Waals surface area contributed by atoms with E-state index in [1.54, 1.807) is 36.4 Å². The van der Waals surface area contributed by atoms with Crippen LogP contribution in [0.5, 0.6) is 5.75 Å². The third-order valence-electron chi connectivity index (χ3n) is 13.1. The van der Waals surface area contributed by atoms with Crippen molar-refractivity contribution in [1.29, 1.82) is 5.26 Å². The molecular weight excluding hydrogens is 774 g/mol. The normalized spacial score (nSPS) is 26.1. The van der Waals surface area contributed by atoms with Crippen molar-refractivity contribution >= 4 is 52.6 Å². The molecule has 0 radical (unpaired) electrons. The number of rotatable bonds is 9. The van der Waals surface area contributed by atoms with Crippen molar-refractivity contribution in [2.45, 2.75) is 94.5 Å². The maximum Gasteiger partial charge on any atom is 0.272 e. The number of piperidine rings is 2. The molecular formula is C43H46ClN9O6. The molecule has 5 fully saturated rings. The highest BCUT2D eigenvalue weighted by Gasteiger charge is 2.46. The zero-order valence-corrected chi connectivity index (χ0v) is 33.4. The van der Waals surface area contributed by atoms with Crippen LogP contribution < -0.4 is 25.2 Å². The first kappa shape index (κ1) is 38.9. The number of hydrogen-bond acceptors (Lipinski definition) is 12. The van der Waals surface area contributed by atoms with E-state index >= 15 is 0 Å². The molecule has 3 atom stereocenters. The van der Waals surface area contributed by atoms with E-state index in [-0.39, 0.29) is 30.9 Å². The Balaban J connectivity index is 0.727. The number of anilines is 2. The van der Waals surface area contributed by atoms with Crippen LogP contribution in [0.15, 0.2) is 48.5 Å². The highest BCUT2D eigenvalue weighted by atomic mass is 35.5. The number of hydrogen-bond donors (Lipinski definition) is 2. The Kier molecular flexibility index (Phi) is 10.7. The summed E-state index contributed by atoms with van der Waals surface area (Å²) in [6.45, 7) is 4.47. The third kappa shape index (κ3) is 7.83. The zero-order chi connectivity index (χ0) is 40.8. The number of benzene rings is 2. The van der Waals surface area contributed by atoms with Gasteiger partial charge < -0.3 is 19.9 Å². The molecule has 6 aliphatic rings. The zero-order valence-electron chi connectivity index (χ0n) is 32.6. The molecule has 5 aliphatic heterocycles. The lowest BCUT2D eigenvalue weighted by molar-refractivity contribution is -0.136. The fourth-order valence-electron chi connectivity index (χ4n) is 9.85. The van der Waals surface area contributed by atoms with Crippen LogP contribution in [-0.2, 0) is 9.59 Å². The van der Waals surface area contributed by atoms with Gasteiger partial charge in [0.1, 0.15) is 17.9 Å². The van der Waals surface area contributed by atoms with E-state index in [1.807, 2.05) is 12.1 Å². The Bertz CT molecular complexity index is 2200. The van der Waals surface area contributed by atoms with Gasteiger partial charge >= 0.3 is 0 Å². The van der Waals surface area contributed by atoms with Gasteiger partial charge in [-0.05, 0) is 106 Å². The average Bonchev–Trinajstić information content (AvgIpc) is 3.61. The van der Waals surface area contributed by atoms with E-state index in [9.17, 15) is 24.0 Å². The highest BCUT2D eigenvalue weighted by Crippen LogP contribution is 2.37. The molecule has 5 amide bonds. The molecule has 2 bridgehead atoms. The second-order valence-electron chi connectivity index (χ2n) is 16.7.